The quantitative estimate of drug-likeness (QED) is 0.220. The van der Waals surface area contributed by atoms with Crippen LogP contribution >= 0.6 is 0 Å². The molecule has 0 aliphatic heterocycles. The van der Waals surface area contributed by atoms with Gasteiger partial charge in [0.1, 0.15) is 23.8 Å². The number of halogens is 1. The largest absolute Gasteiger partial charge is 1.00 e. The summed E-state index contributed by atoms with van der Waals surface area (Å²) in [5.41, 5.74) is 9.35. The summed E-state index contributed by atoms with van der Waals surface area (Å²) < 4.78 is 4.65. The van der Waals surface area contributed by atoms with Crippen LogP contribution in [0.4, 0.5) is 0 Å². The molecular formula is C36H44ClN3. The average molecular weight is 554 g/mol. The van der Waals surface area contributed by atoms with Gasteiger partial charge in [-0.2, -0.15) is 0 Å². The summed E-state index contributed by atoms with van der Waals surface area (Å²) in [6.45, 7) is 18.3. The molecule has 5 rings (SSSR count). The van der Waals surface area contributed by atoms with Crippen LogP contribution in [0.25, 0.3) is 22.3 Å². The molecule has 5 aromatic rings. The van der Waals surface area contributed by atoms with Crippen molar-refractivity contribution in [1.82, 2.24) is 9.55 Å². The Balaban J connectivity index is 0.000000334. The van der Waals surface area contributed by atoms with Crippen LogP contribution in [0.2, 0.25) is 0 Å². The van der Waals surface area contributed by atoms with Crippen molar-refractivity contribution in [3.8, 4) is 11.4 Å². The molecule has 0 radical (unpaired) electrons. The molecular weight excluding hydrogens is 510 g/mol. The number of rotatable bonds is 6. The van der Waals surface area contributed by atoms with E-state index >= 15 is 0 Å². The molecule has 210 valence electrons. The number of aromatic nitrogens is 3. The van der Waals surface area contributed by atoms with Crippen LogP contribution in [0.1, 0.15) is 101 Å². The van der Waals surface area contributed by atoms with Gasteiger partial charge in [0.2, 0.25) is 0 Å². The molecule has 0 bridgehead atoms. The summed E-state index contributed by atoms with van der Waals surface area (Å²) in [4.78, 5) is 4.18. The maximum Gasteiger partial charge on any atom is 0.254 e. The Morgan fingerprint density at radius 3 is 1.62 bits per heavy atom. The van der Waals surface area contributed by atoms with Gasteiger partial charge >= 0.3 is 0 Å². The number of fused-ring (bicyclic) bond motifs is 1. The second-order valence-corrected chi connectivity index (χ2v) is 11.6. The van der Waals surface area contributed by atoms with E-state index in [4.69, 9.17) is 0 Å². The van der Waals surface area contributed by atoms with Crippen LogP contribution < -0.4 is 17.0 Å². The zero-order valence-corrected chi connectivity index (χ0v) is 26.0. The fraction of sp³-hybridized carbons (Fsp3) is 0.333. The Bertz CT molecular complexity index is 1330. The van der Waals surface area contributed by atoms with Crippen LogP contribution in [0.15, 0.2) is 97.7 Å². The summed E-state index contributed by atoms with van der Waals surface area (Å²) in [5.74, 6) is 1.92. The molecule has 0 amide bonds. The van der Waals surface area contributed by atoms with Gasteiger partial charge in [0, 0.05) is 33.8 Å². The first kappa shape index (κ1) is 31.1. The topological polar surface area (TPSA) is 21.7 Å². The number of hydrogen-bond acceptors (Lipinski definition) is 1. The van der Waals surface area contributed by atoms with Gasteiger partial charge in [0.15, 0.2) is 0 Å². The maximum absolute atomic E-state index is 4.18. The molecule has 2 aromatic heterocycles. The van der Waals surface area contributed by atoms with E-state index in [-0.39, 0.29) is 12.4 Å². The molecule has 0 aliphatic carbocycles. The van der Waals surface area contributed by atoms with E-state index in [0.717, 1.165) is 5.52 Å². The van der Waals surface area contributed by atoms with E-state index in [1.807, 2.05) is 30.5 Å². The second-order valence-electron chi connectivity index (χ2n) is 11.6. The lowest BCUT2D eigenvalue weighted by Gasteiger charge is -2.17. The Labute approximate surface area is 247 Å². The molecule has 0 saturated heterocycles. The van der Waals surface area contributed by atoms with Gasteiger partial charge in [-0.1, -0.05) is 116 Å². The predicted molar refractivity (Wildman–Crippen MR) is 165 cm³/mol. The zero-order valence-electron chi connectivity index (χ0n) is 25.3. The Hall–Kier alpha value is -3.43. The van der Waals surface area contributed by atoms with Crippen LogP contribution in [0, 0.1) is 0 Å². The number of para-hydroxylation sites is 3. The lowest BCUT2D eigenvalue weighted by molar-refractivity contribution is -0.596. The van der Waals surface area contributed by atoms with Crippen LogP contribution in [0.3, 0.4) is 0 Å². The molecule has 0 fully saturated rings. The van der Waals surface area contributed by atoms with E-state index < -0.39 is 0 Å². The molecule has 2 heterocycles. The summed E-state index contributed by atoms with van der Waals surface area (Å²) in [6, 6.07) is 25.6. The molecule has 0 atom stereocenters. The van der Waals surface area contributed by atoms with E-state index in [2.05, 4.69) is 137 Å². The van der Waals surface area contributed by atoms with Crippen molar-refractivity contribution in [3.63, 3.8) is 0 Å². The molecule has 0 unspecified atom stereocenters. The highest BCUT2D eigenvalue weighted by molar-refractivity contribution is 5.77. The lowest BCUT2D eigenvalue weighted by atomic mass is 9.92. The molecule has 3 aromatic carbocycles. The normalized spacial score (nSPS) is 11.2. The summed E-state index contributed by atoms with van der Waals surface area (Å²) in [7, 11) is 0. The van der Waals surface area contributed by atoms with E-state index in [0.29, 0.717) is 23.7 Å². The first-order valence-electron chi connectivity index (χ1n) is 14.3. The second kappa shape index (κ2) is 13.8. The number of hydrogen-bond donors (Lipinski definition) is 0. The number of imidazole rings is 1. The van der Waals surface area contributed by atoms with Crippen LogP contribution in [-0.2, 0) is 0 Å². The van der Waals surface area contributed by atoms with Crippen molar-refractivity contribution >= 4 is 10.9 Å². The van der Waals surface area contributed by atoms with E-state index in [9.17, 15) is 0 Å². The number of nitrogens with zero attached hydrogens (tertiary/aromatic N) is 3. The Morgan fingerprint density at radius 2 is 1.10 bits per heavy atom. The van der Waals surface area contributed by atoms with Gasteiger partial charge in [-0.25, -0.2) is 9.13 Å². The number of benzene rings is 3. The molecule has 0 saturated carbocycles. The average Bonchev–Trinajstić information content (AvgIpc) is 3.42. The van der Waals surface area contributed by atoms with Gasteiger partial charge in [0.05, 0.1) is 5.52 Å². The van der Waals surface area contributed by atoms with Gasteiger partial charge in [0.25, 0.3) is 6.33 Å². The monoisotopic (exact) mass is 553 g/mol. The third kappa shape index (κ3) is 6.82. The van der Waals surface area contributed by atoms with Crippen LogP contribution in [0.5, 0.6) is 0 Å². The highest BCUT2D eigenvalue weighted by Gasteiger charge is 2.23. The maximum atomic E-state index is 4.18. The van der Waals surface area contributed by atoms with Gasteiger partial charge in [-0.3, -0.25) is 4.98 Å². The lowest BCUT2D eigenvalue weighted by Crippen LogP contribution is -3.00. The van der Waals surface area contributed by atoms with Crippen molar-refractivity contribution < 1.29 is 17.0 Å². The first-order valence-corrected chi connectivity index (χ1v) is 14.3. The van der Waals surface area contributed by atoms with Crippen molar-refractivity contribution in [1.29, 1.82) is 0 Å². The standard InChI is InChI=1S/C27H37N2.C9H7N.ClH/c1-18(2)22-11-9-12-23(19(3)4)26(22)28-15-16-29(17-28)27-24(20(5)6)13-10-14-25(27)21(7)8;1-2-6-9-8(4-1)5-3-7-10-9;/h9-21H,1-8H3;1-7H;1H/q+1;;/p-1. The smallest absolute Gasteiger partial charge is 0.254 e. The highest BCUT2D eigenvalue weighted by atomic mass is 35.5. The summed E-state index contributed by atoms with van der Waals surface area (Å²) in [6.07, 6.45) is 8.51. The molecule has 0 spiro atoms. The minimum Gasteiger partial charge on any atom is -1.00 e. The minimum absolute atomic E-state index is 0. The molecule has 4 heteroatoms. The number of pyridine rings is 1. The zero-order chi connectivity index (χ0) is 28.1. The van der Waals surface area contributed by atoms with Crippen molar-refractivity contribution in [2.75, 3.05) is 0 Å². The summed E-state index contributed by atoms with van der Waals surface area (Å²) >= 11 is 0. The van der Waals surface area contributed by atoms with Crippen molar-refractivity contribution in [2.45, 2.75) is 79.1 Å². The van der Waals surface area contributed by atoms with Crippen molar-refractivity contribution in [2.24, 2.45) is 0 Å². The highest BCUT2D eigenvalue weighted by Crippen LogP contribution is 2.32. The van der Waals surface area contributed by atoms with E-state index in [1.54, 1.807) is 0 Å². The Morgan fingerprint density at radius 1 is 0.600 bits per heavy atom. The van der Waals surface area contributed by atoms with Crippen LogP contribution in [-0.4, -0.2) is 9.55 Å². The fourth-order valence-corrected chi connectivity index (χ4v) is 5.26. The Kier molecular flexibility index (Phi) is 10.7. The molecule has 0 N–H and O–H groups in total. The van der Waals surface area contributed by atoms with E-state index in [1.165, 1.54) is 39.0 Å². The fourth-order valence-electron chi connectivity index (χ4n) is 5.26. The van der Waals surface area contributed by atoms with Gasteiger partial charge in [-0.15, -0.1) is 0 Å². The molecule has 0 aliphatic rings. The summed E-state index contributed by atoms with van der Waals surface area (Å²) in [5, 5.41) is 1.20. The molecule has 3 nitrogen and oxygen atoms in total. The van der Waals surface area contributed by atoms with Gasteiger partial charge in [-0.05, 0) is 35.8 Å². The third-order valence-electron chi connectivity index (χ3n) is 7.35. The predicted octanol–water partition coefficient (Wildman–Crippen LogP) is 6.49. The van der Waals surface area contributed by atoms with Gasteiger partial charge < -0.3 is 12.4 Å². The minimum atomic E-state index is 0. The van der Waals surface area contributed by atoms with Crippen molar-refractivity contribution in [3.05, 3.63) is 120 Å². The SMILES string of the molecule is CC(C)c1cccc(C(C)C)c1-n1cc[n+](-c2c(C(C)C)cccc2C(C)C)c1.[Cl-].c1ccc2ncccc2c1. The first-order chi connectivity index (χ1) is 18.7. The third-order valence-corrected chi connectivity index (χ3v) is 7.35. The molecule has 40 heavy (non-hydrogen) atoms.